The topological polar surface area (TPSA) is 20.2 Å². The minimum Gasteiger partial charge on any atom is -0.373 e. The molecule has 1 nitrogen and oxygen atoms in total. The van der Waals surface area contributed by atoms with E-state index in [9.17, 15) is 4.89 Å². The highest BCUT2D eigenvalue weighted by Crippen LogP contribution is 2.68. The zero-order valence-electron chi connectivity index (χ0n) is 14.5. The lowest BCUT2D eigenvalue weighted by Crippen LogP contribution is -1.95. The van der Waals surface area contributed by atoms with E-state index in [4.69, 9.17) is 0 Å². The lowest BCUT2D eigenvalue weighted by molar-refractivity contribution is 0.610. The number of fused-ring (bicyclic) bond motifs is 2. The highest BCUT2D eigenvalue weighted by molar-refractivity contribution is 7.52. The van der Waals surface area contributed by atoms with Gasteiger partial charge in [0.15, 0.2) is 0 Å². The average Bonchev–Trinajstić information content (AvgIpc) is 3.08. The first-order valence-corrected chi connectivity index (χ1v) is 10.7. The van der Waals surface area contributed by atoms with E-state index in [0.717, 1.165) is 12.8 Å². The van der Waals surface area contributed by atoms with Gasteiger partial charge in [0.05, 0.1) is 0 Å². The van der Waals surface area contributed by atoms with E-state index in [2.05, 4.69) is 84.9 Å². The molecule has 0 aliphatic carbocycles. The Balaban J connectivity index is 1.57. The summed E-state index contributed by atoms with van der Waals surface area (Å²) in [7, 11) is -1.09. The molecule has 0 spiro atoms. The second kappa shape index (κ2) is 6.50. The second-order valence-corrected chi connectivity index (χ2v) is 9.13. The van der Waals surface area contributed by atoms with Gasteiger partial charge < -0.3 is 4.89 Å². The molecule has 1 fully saturated rings. The molecule has 5 rings (SSSR count). The van der Waals surface area contributed by atoms with Crippen LogP contribution in [0.5, 0.6) is 0 Å². The molecule has 2 heteroatoms. The third-order valence-electron chi connectivity index (χ3n) is 5.72. The van der Waals surface area contributed by atoms with Gasteiger partial charge in [-0.15, -0.1) is 0 Å². The molecule has 0 unspecified atom stereocenters. The molecule has 1 N–H and O–H groups in total. The summed E-state index contributed by atoms with van der Waals surface area (Å²) in [4.78, 5) is 11.3. The van der Waals surface area contributed by atoms with Gasteiger partial charge >= 0.3 is 0 Å². The SMILES string of the molecule is OP1[C@H](c2cccc3ccccc23)CC[C@H]1c1cccc2ccccc12. The Morgan fingerprint density at radius 3 is 1.50 bits per heavy atom. The van der Waals surface area contributed by atoms with Crippen molar-refractivity contribution in [1.29, 1.82) is 0 Å². The lowest BCUT2D eigenvalue weighted by Gasteiger charge is -2.22. The van der Waals surface area contributed by atoms with Crippen molar-refractivity contribution in [3.8, 4) is 0 Å². The summed E-state index contributed by atoms with van der Waals surface area (Å²) in [5, 5.41) is 5.12. The van der Waals surface area contributed by atoms with Crippen LogP contribution < -0.4 is 0 Å². The van der Waals surface area contributed by atoms with Crippen LogP contribution in [-0.2, 0) is 0 Å². The molecule has 0 saturated carbocycles. The second-order valence-electron chi connectivity index (χ2n) is 7.13. The van der Waals surface area contributed by atoms with Crippen molar-refractivity contribution in [2.45, 2.75) is 24.2 Å². The Kier molecular flexibility index (Phi) is 4.00. The van der Waals surface area contributed by atoms with E-state index < -0.39 is 8.15 Å². The highest BCUT2D eigenvalue weighted by Gasteiger charge is 2.37. The van der Waals surface area contributed by atoms with E-state index in [0.29, 0.717) is 0 Å². The van der Waals surface area contributed by atoms with Crippen LogP contribution in [0.3, 0.4) is 0 Å². The maximum absolute atomic E-state index is 11.3. The van der Waals surface area contributed by atoms with Crippen molar-refractivity contribution in [2.75, 3.05) is 0 Å². The molecule has 1 aliphatic rings. The van der Waals surface area contributed by atoms with Gasteiger partial charge in [-0.05, 0) is 45.5 Å². The molecular weight excluding hydrogens is 335 g/mol. The summed E-state index contributed by atoms with van der Waals surface area (Å²) < 4.78 is 0. The minimum absolute atomic E-state index is 0.264. The predicted molar refractivity (Wildman–Crippen MR) is 112 cm³/mol. The van der Waals surface area contributed by atoms with Gasteiger partial charge in [-0.1, -0.05) is 84.9 Å². The molecule has 2 atom stereocenters. The Hall–Kier alpha value is -2.21. The quantitative estimate of drug-likeness (QED) is 0.385. The van der Waals surface area contributed by atoms with Crippen molar-refractivity contribution >= 4 is 29.7 Å². The predicted octanol–water partition coefficient (Wildman–Crippen LogP) is 6.96. The molecule has 1 aliphatic heterocycles. The maximum Gasteiger partial charge on any atom is 0.0404 e. The average molecular weight is 356 g/mol. The van der Waals surface area contributed by atoms with Gasteiger partial charge in [-0.3, -0.25) is 0 Å². The van der Waals surface area contributed by atoms with E-state index in [-0.39, 0.29) is 11.3 Å². The number of hydrogen-bond donors (Lipinski definition) is 1. The normalized spacial score (nSPS) is 20.8. The van der Waals surface area contributed by atoms with E-state index in [1.165, 1.54) is 32.7 Å². The van der Waals surface area contributed by atoms with Crippen LogP contribution in [0, 0.1) is 0 Å². The van der Waals surface area contributed by atoms with Crippen LogP contribution >= 0.6 is 8.15 Å². The van der Waals surface area contributed by atoms with Crippen molar-refractivity contribution < 1.29 is 4.89 Å². The van der Waals surface area contributed by atoms with Gasteiger partial charge in [-0.2, -0.15) is 0 Å². The van der Waals surface area contributed by atoms with Crippen LogP contribution in [0.1, 0.15) is 35.3 Å². The Bertz CT molecular complexity index is 990. The minimum atomic E-state index is -1.09. The van der Waals surface area contributed by atoms with Crippen LogP contribution in [0.4, 0.5) is 0 Å². The summed E-state index contributed by atoms with van der Waals surface area (Å²) >= 11 is 0. The standard InChI is InChI=1S/C24H21OP/c25-26-23(21-13-5-9-17-7-1-3-11-19(17)21)15-16-24(26)22-14-6-10-18-8-2-4-12-20(18)22/h1-14,23-25H,15-16H2/t23-,24-/m0/s1. The fraction of sp³-hybridized carbons (Fsp3) is 0.167. The van der Waals surface area contributed by atoms with Crippen molar-refractivity contribution in [2.24, 2.45) is 0 Å². The molecule has 0 aromatic heterocycles. The Morgan fingerprint density at radius 2 is 1.00 bits per heavy atom. The van der Waals surface area contributed by atoms with Gasteiger partial charge in [0.1, 0.15) is 0 Å². The fourth-order valence-corrected chi connectivity index (χ4v) is 6.76. The lowest BCUT2D eigenvalue weighted by atomic mass is 9.97. The molecule has 0 radical (unpaired) electrons. The van der Waals surface area contributed by atoms with Crippen LogP contribution in [0.15, 0.2) is 84.9 Å². The zero-order chi connectivity index (χ0) is 17.5. The summed E-state index contributed by atoms with van der Waals surface area (Å²) in [6, 6.07) is 30.1. The number of rotatable bonds is 2. The molecule has 4 aromatic carbocycles. The molecule has 128 valence electrons. The molecule has 0 bridgehead atoms. The van der Waals surface area contributed by atoms with Crippen LogP contribution in [0.2, 0.25) is 0 Å². The first kappa shape index (κ1) is 16.0. The number of benzene rings is 4. The highest BCUT2D eigenvalue weighted by atomic mass is 31.1. The van der Waals surface area contributed by atoms with Gasteiger partial charge in [0.25, 0.3) is 0 Å². The van der Waals surface area contributed by atoms with Crippen molar-refractivity contribution in [3.63, 3.8) is 0 Å². The van der Waals surface area contributed by atoms with Crippen LogP contribution in [-0.4, -0.2) is 4.89 Å². The van der Waals surface area contributed by atoms with Crippen molar-refractivity contribution in [3.05, 3.63) is 96.1 Å². The molecule has 4 aromatic rings. The summed E-state index contributed by atoms with van der Waals surface area (Å²) in [5.41, 5.74) is 3.17. The van der Waals surface area contributed by atoms with Crippen LogP contribution in [0.25, 0.3) is 21.5 Å². The monoisotopic (exact) mass is 356 g/mol. The van der Waals surface area contributed by atoms with E-state index in [1.54, 1.807) is 0 Å². The first-order chi connectivity index (χ1) is 12.8. The summed E-state index contributed by atoms with van der Waals surface area (Å²) in [6.45, 7) is 0. The Morgan fingerprint density at radius 1 is 0.577 bits per heavy atom. The third-order valence-corrected chi connectivity index (χ3v) is 8.07. The van der Waals surface area contributed by atoms with Gasteiger partial charge in [-0.25, -0.2) is 0 Å². The fourth-order valence-electron chi connectivity index (χ4n) is 4.48. The molecule has 1 heterocycles. The third kappa shape index (κ3) is 2.55. The maximum atomic E-state index is 11.3. The smallest absolute Gasteiger partial charge is 0.0404 e. The summed E-state index contributed by atoms with van der Waals surface area (Å²) in [5.74, 6) is 0. The molecular formula is C24H21OP. The number of hydrogen-bond acceptors (Lipinski definition) is 1. The molecule has 26 heavy (non-hydrogen) atoms. The van der Waals surface area contributed by atoms with Crippen molar-refractivity contribution in [1.82, 2.24) is 0 Å². The van der Waals surface area contributed by atoms with Gasteiger partial charge in [0.2, 0.25) is 0 Å². The van der Waals surface area contributed by atoms with E-state index in [1.807, 2.05) is 0 Å². The molecule has 0 amide bonds. The Labute approximate surface area is 155 Å². The zero-order valence-corrected chi connectivity index (χ0v) is 15.4. The van der Waals surface area contributed by atoms with E-state index >= 15 is 0 Å². The first-order valence-electron chi connectivity index (χ1n) is 9.25. The van der Waals surface area contributed by atoms with Gasteiger partial charge in [0, 0.05) is 19.5 Å². The molecule has 1 saturated heterocycles. The summed E-state index contributed by atoms with van der Waals surface area (Å²) in [6.07, 6.45) is 2.12. The largest absolute Gasteiger partial charge is 0.373 e.